The number of primary amides is 1. The summed E-state index contributed by atoms with van der Waals surface area (Å²) in [5.74, 6) is -1.67. The van der Waals surface area contributed by atoms with E-state index in [0.717, 1.165) is 13.2 Å². The number of methoxy groups -OCH3 is 3. The van der Waals surface area contributed by atoms with Gasteiger partial charge in [0.25, 0.3) is 16.0 Å². The van der Waals surface area contributed by atoms with Gasteiger partial charge in [-0.3, -0.25) is 0 Å². The van der Waals surface area contributed by atoms with Crippen LogP contribution in [0.3, 0.4) is 0 Å². The number of aromatic nitrogens is 2. The number of carbonyl (C=O) groups excluding carboxylic acids is 2. The number of amides is 2. The number of urea groups is 1. The van der Waals surface area contributed by atoms with Crippen LogP contribution in [0.2, 0.25) is 0 Å². The summed E-state index contributed by atoms with van der Waals surface area (Å²) in [6, 6.07) is 5.03. The molecule has 0 saturated carbocycles. The fourth-order valence-corrected chi connectivity index (χ4v) is 3.50. The van der Waals surface area contributed by atoms with Crippen LogP contribution in [0.5, 0.6) is 11.8 Å². The van der Waals surface area contributed by atoms with E-state index in [2.05, 4.69) is 14.7 Å². The van der Waals surface area contributed by atoms with Gasteiger partial charge in [-0.05, 0) is 12.1 Å². The van der Waals surface area contributed by atoms with Crippen molar-refractivity contribution in [1.82, 2.24) is 9.97 Å². The molecule has 144 valence electrons. The highest BCUT2D eigenvalue weighted by molar-refractivity contribution is 7.93. The van der Waals surface area contributed by atoms with Gasteiger partial charge in [-0.25, -0.2) is 18.0 Å². The molecule has 27 heavy (non-hydrogen) atoms. The van der Waals surface area contributed by atoms with E-state index >= 15 is 0 Å². The lowest BCUT2D eigenvalue weighted by molar-refractivity contribution is 0.0596. The first-order valence-electron chi connectivity index (χ1n) is 7.25. The molecule has 2 amide bonds. The molecule has 2 N–H and O–H groups in total. The second-order valence-electron chi connectivity index (χ2n) is 4.85. The average Bonchev–Trinajstić information content (AvgIpc) is 2.66. The normalized spacial score (nSPS) is 10.8. The first-order chi connectivity index (χ1) is 12.8. The number of anilines is 1. The molecule has 0 aliphatic heterocycles. The molecular weight excluding hydrogens is 380 g/mol. The van der Waals surface area contributed by atoms with Crippen LogP contribution in [-0.4, -0.2) is 51.7 Å². The van der Waals surface area contributed by atoms with Crippen LogP contribution >= 0.6 is 0 Å². The molecule has 0 spiro atoms. The highest BCUT2D eigenvalue weighted by Crippen LogP contribution is 2.27. The fraction of sp³-hybridized carbons (Fsp3) is 0.200. The first-order valence-corrected chi connectivity index (χ1v) is 8.69. The maximum Gasteiger partial charge on any atom is 0.339 e. The van der Waals surface area contributed by atoms with Crippen molar-refractivity contribution >= 4 is 28.0 Å². The number of benzene rings is 1. The van der Waals surface area contributed by atoms with E-state index in [9.17, 15) is 18.0 Å². The Hall–Kier alpha value is -3.41. The van der Waals surface area contributed by atoms with Crippen LogP contribution in [0.25, 0.3) is 0 Å². The number of hydrogen-bond donors (Lipinski definition) is 1. The number of nitrogens with zero attached hydrogens (tertiary/aromatic N) is 3. The van der Waals surface area contributed by atoms with Crippen molar-refractivity contribution in [1.29, 1.82) is 0 Å². The molecule has 0 saturated heterocycles. The van der Waals surface area contributed by atoms with Gasteiger partial charge in [0.15, 0.2) is 0 Å². The Morgan fingerprint density at radius 2 is 1.59 bits per heavy atom. The number of esters is 1. The molecule has 0 radical (unpaired) electrons. The highest BCUT2D eigenvalue weighted by Gasteiger charge is 2.35. The lowest BCUT2D eigenvalue weighted by atomic mass is 10.2. The second kappa shape index (κ2) is 7.86. The van der Waals surface area contributed by atoms with E-state index in [1.807, 2.05) is 0 Å². The van der Waals surface area contributed by atoms with Gasteiger partial charge in [-0.1, -0.05) is 12.1 Å². The predicted molar refractivity (Wildman–Crippen MR) is 92.2 cm³/mol. The summed E-state index contributed by atoms with van der Waals surface area (Å²) in [5, 5.41) is 0. The molecule has 0 atom stereocenters. The largest absolute Gasteiger partial charge is 0.481 e. The molecule has 0 bridgehead atoms. The van der Waals surface area contributed by atoms with Crippen molar-refractivity contribution in [2.75, 3.05) is 25.6 Å². The Labute approximate surface area is 154 Å². The zero-order valence-corrected chi connectivity index (χ0v) is 15.4. The molecule has 0 unspecified atom stereocenters. The quantitative estimate of drug-likeness (QED) is 0.690. The van der Waals surface area contributed by atoms with Crippen LogP contribution in [0, 0.1) is 0 Å². The Bertz CT molecular complexity index is 956. The van der Waals surface area contributed by atoms with Crippen LogP contribution in [0.1, 0.15) is 10.4 Å². The highest BCUT2D eigenvalue weighted by atomic mass is 32.2. The summed E-state index contributed by atoms with van der Waals surface area (Å²) < 4.78 is 40.8. The van der Waals surface area contributed by atoms with E-state index in [1.54, 1.807) is 0 Å². The van der Waals surface area contributed by atoms with E-state index < -0.39 is 32.9 Å². The number of hydrogen-bond acceptors (Lipinski definition) is 9. The van der Waals surface area contributed by atoms with Crippen LogP contribution in [-0.2, 0) is 14.8 Å². The standard InChI is InChI=1S/C15H16N4O7S/c1-24-11-8-12(25-2)18-15(17-11)19(14(16)21)27(22,23)10-7-5-4-6-9(10)13(20)26-3/h4-8H,1-3H3,(H2,16,21). The summed E-state index contributed by atoms with van der Waals surface area (Å²) >= 11 is 0. The van der Waals surface area contributed by atoms with E-state index in [1.165, 1.54) is 38.5 Å². The maximum atomic E-state index is 13.1. The predicted octanol–water partition coefficient (Wildman–Crippen LogP) is 0.554. The van der Waals surface area contributed by atoms with E-state index in [0.29, 0.717) is 0 Å². The smallest absolute Gasteiger partial charge is 0.339 e. The van der Waals surface area contributed by atoms with Crippen molar-refractivity contribution < 1.29 is 32.2 Å². The van der Waals surface area contributed by atoms with Crippen molar-refractivity contribution in [3.8, 4) is 11.8 Å². The minimum atomic E-state index is -4.67. The summed E-state index contributed by atoms with van der Waals surface area (Å²) in [6.07, 6.45) is 0. The summed E-state index contributed by atoms with van der Waals surface area (Å²) in [7, 11) is -1.02. The molecule has 0 aliphatic carbocycles. The Balaban J connectivity index is 2.71. The summed E-state index contributed by atoms with van der Waals surface area (Å²) in [6.45, 7) is 0. The zero-order valence-electron chi connectivity index (χ0n) is 14.6. The minimum absolute atomic E-state index is 0.0699. The van der Waals surface area contributed by atoms with Gasteiger partial charge in [0.05, 0.1) is 33.0 Å². The fourth-order valence-electron chi connectivity index (χ4n) is 2.09. The van der Waals surface area contributed by atoms with Crippen molar-refractivity contribution in [3.63, 3.8) is 0 Å². The lowest BCUT2D eigenvalue weighted by Gasteiger charge is -2.20. The topological polar surface area (TPSA) is 151 Å². The summed E-state index contributed by atoms with van der Waals surface area (Å²) in [4.78, 5) is 31.0. The monoisotopic (exact) mass is 396 g/mol. The average molecular weight is 396 g/mol. The van der Waals surface area contributed by atoms with Crippen LogP contribution < -0.4 is 19.5 Å². The van der Waals surface area contributed by atoms with E-state index in [4.69, 9.17) is 15.2 Å². The van der Waals surface area contributed by atoms with Gasteiger partial charge in [0, 0.05) is 0 Å². The van der Waals surface area contributed by atoms with Crippen LogP contribution in [0.4, 0.5) is 10.7 Å². The molecule has 0 aliphatic rings. The van der Waals surface area contributed by atoms with Crippen molar-refractivity contribution in [2.24, 2.45) is 5.73 Å². The second-order valence-corrected chi connectivity index (χ2v) is 6.60. The number of rotatable bonds is 6. The van der Waals surface area contributed by atoms with E-state index in [-0.39, 0.29) is 21.6 Å². The first kappa shape index (κ1) is 19.9. The van der Waals surface area contributed by atoms with Gasteiger partial charge < -0.3 is 19.9 Å². The molecule has 2 rings (SSSR count). The van der Waals surface area contributed by atoms with Gasteiger partial charge >= 0.3 is 12.0 Å². The molecule has 11 nitrogen and oxygen atoms in total. The van der Waals surface area contributed by atoms with Crippen molar-refractivity contribution in [3.05, 3.63) is 35.9 Å². The molecule has 1 aromatic carbocycles. The Kier molecular flexibility index (Phi) is 5.80. The van der Waals surface area contributed by atoms with Gasteiger partial charge in [0.1, 0.15) is 4.90 Å². The van der Waals surface area contributed by atoms with Crippen molar-refractivity contribution in [2.45, 2.75) is 4.90 Å². The molecule has 1 heterocycles. The third-order valence-electron chi connectivity index (χ3n) is 3.28. The number of nitrogens with two attached hydrogens (primary N) is 1. The van der Waals surface area contributed by atoms with Gasteiger partial charge in [0.2, 0.25) is 11.8 Å². The zero-order chi connectivity index (χ0) is 20.2. The number of carbonyl (C=O) groups is 2. The van der Waals surface area contributed by atoms with Gasteiger partial charge in [-0.2, -0.15) is 9.97 Å². The number of sulfonamides is 1. The Morgan fingerprint density at radius 3 is 2.07 bits per heavy atom. The summed E-state index contributed by atoms with van der Waals surface area (Å²) in [5.41, 5.74) is 4.97. The third-order valence-corrected chi connectivity index (χ3v) is 5.01. The minimum Gasteiger partial charge on any atom is -0.481 e. The molecule has 2 aromatic rings. The maximum absolute atomic E-state index is 13.1. The Morgan fingerprint density at radius 1 is 1.04 bits per heavy atom. The molecule has 0 fully saturated rings. The molecule has 12 heteroatoms. The van der Waals surface area contributed by atoms with Crippen LogP contribution in [0.15, 0.2) is 35.2 Å². The third kappa shape index (κ3) is 3.89. The SMILES string of the molecule is COC(=O)c1ccccc1S(=O)(=O)N(C(N)=O)c1nc(OC)cc(OC)n1. The number of ether oxygens (including phenoxy) is 3. The van der Waals surface area contributed by atoms with Gasteiger partial charge in [-0.15, -0.1) is 4.31 Å². The molecule has 1 aromatic heterocycles. The molecular formula is C15H16N4O7S. The lowest BCUT2D eigenvalue weighted by Crippen LogP contribution is -2.42.